The van der Waals surface area contributed by atoms with Crippen molar-refractivity contribution in [3.05, 3.63) is 0 Å². The van der Waals surface area contributed by atoms with Crippen molar-refractivity contribution < 1.29 is 14.6 Å². The predicted octanol–water partition coefficient (Wildman–Crippen LogP) is -0.436. The average Bonchev–Trinajstić information content (AvgIpc) is 2.15. The fourth-order valence-corrected chi connectivity index (χ4v) is 1.46. The molecule has 1 atom stereocenters. The van der Waals surface area contributed by atoms with Gasteiger partial charge in [-0.3, -0.25) is 4.79 Å². The maximum atomic E-state index is 11.3. The summed E-state index contributed by atoms with van der Waals surface area (Å²) in [6.07, 6.45) is 1.41. The van der Waals surface area contributed by atoms with Gasteiger partial charge in [0.25, 0.3) is 0 Å². The van der Waals surface area contributed by atoms with Gasteiger partial charge in [-0.15, -0.1) is 0 Å². The van der Waals surface area contributed by atoms with Gasteiger partial charge in [0.1, 0.15) is 5.78 Å². The monoisotopic (exact) mass is 187 g/mol. The largest absolute Gasteiger partial charge is 0.394 e. The molecule has 76 valence electrons. The third-order valence-corrected chi connectivity index (χ3v) is 2.24. The highest BCUT2D eigenvalue weighted by atomic mass is 16.5. The van der Waals surface area contributed by atoms with Crippen LogP contribution in [0, 0.1) is 5.92 Å². The fraction of sp³-hybridized carbons (Fsp3) is 0.889. The smallest absolute Gasteiger partial charge is 0.138 e. The standard InChI is InChI=1S/C9H17NO3/c11-4-6-13-5-2-8-7-10-3-1-9(8)12/h8,10-11H,1-7H2. The highest BCUT2D eigenvalue weighted by Gasteiger charge is 2.20. The Morgan fingerprint density at radius 2 is 2.38 bits per heavy atom. The van der Waals surface area contributed by atoms with E-state index in [-0.39, 0.29) is 12.5 Å². The molecule has 13 heavy (non-hydrogen) atoms. The number of piperidine rings is 1. The number of nitrogens with one attached hydrogen (secondary N) is 1. The highest BCUT2D eigenvalue weighted by molar-refractivity contribution is 5.82. The minimum atomic E-state index is 0.0524. The SMILES string of the molecule is O=C1CCNCC1CCOCCO. The van der Waals surface area contributed by atoms with Crippen LogP contribution >= 0.6 is 0 Å². The van der Waals surface area contributed by atoms with Gasteiger partial charge < -0.3 is 15.2 Å². The summed E-state index contributed by atoms with van der Waals surface area (Å²) < 4.78 is 5.10. The third-order valence-electron chi connectivity index (χ3n) is 2.24. The molecule has 0 aromatic carbocycles. The maximum absolute atomic E-state index is 11.3. The molecule has 1 fully saturated rings. The van der Waals surface area contributed by atoms with Crippen molar-refractivity contribution in [2.75, 3.05) is 32.9 Å². The molecule has 0 radical (unpaired) electrons. The first-order valence-electron chi connectivity index (χ1n) is 4.76. The van der Waals surface area contributed by atoms with E-state index in [0.29, 0.717) is 25.4 Å². The van der Waals surface area contributed by atoms with Gasteiger partial charge >= 0.3 is 0 Å². The summed E-state index contributed by atoms with van der Waals surface area (Å²) in [4.78, 5) is 11.3. The zero-order valence-corrected chi connectivity index (χ0v) is 7.79. The van der Waals surface area contributed by atoms with Crippen molar-refractivity contribution in [2.24, 2.45) is 5.92 Å². The molecule has 0 spiro atoms. The first-order valence-corrected chi connectivity index (χ1v) is 4.76. The Bertz CT molecular complexity index is 161. The lowest BCUT2D eigenvalue weighted by Crippen LogP contribution is -2.37. The van der Waals surface area contributed by atoms with Crippen molar-refractivity contribution in [1.82, 2.24) is 5.32 Å². The minimum absolute atomic E-state index is 0.0524. The fourth-order valence-electron chi connectivity index (χ4n) is 1.46. The lowest BCUT2D eigenvalue weighted by atomic mass is 9.95. The number of hydrogen-bond donors (Lipinski definition) is 2. The van der Waals surface area contributed by atoms with Crippen LogP contribution in [0.25, 0.3) is 0 Å². The number of aliphatic hydroxyl groups excluding tert-OH is 1. The van der Waals surface area contributed by atoms with Crippen molar-refractivity contribution in [1.29, 1.82) is 0 Å². The van der Waals surface area contributed by atoms with E-state index in [1.165, 1.54) is 0 Å². The number of rotatable bonds is 5. The number of carbonyl (C=O) groups excluding carboxylic acids is 1. The lowest BCUT2D eigenvalue weighted by Gasteiger charge is -2.21. The topological polar surface area (TPSA) is 58.6 Å². The van der Waals surface area contributed by atoms with Crippen LogP contribution in [0.2, 0.25) is 0 Å². The van der Waals surface area contributed by atoms with Crippen molar-refractivity contribution in [2.45, 2.75) is 12.8 Å². The molecule has 0 aromatic heterocycles. The molecule has 0 aliphatic carbocycles. The summed E-state index contributed by atoms with van der Waals surface area (Å²) >= 11 is 0. The van der Waals surface area contributed by atoms with Crippen molar-refractivity contribution >= 4 is 5.78 Å². The summed E-state index contributed by atoms with van der Waals surface area (Å²) in [7, 11) is 0. The Balaban J connectivity index is 2.08. The van der Waals surface area contributed by atoms with Crippen LogP contribution in [0.15, 0.2) is 0 Å². The van der Waals surface area contributed by atoms with Crippen LogP contribution in [-0.4, -0.2) is 43.8 Å². The van der Waals surface area contributed by atoms with Gasteiger partial charge in [-0.25, -0.2) is 0 Å². The first kappa shape index (κ1) is 10.6. The van der Waals surface area contributed by atoms with E-state index in [9.17, 15) is 4.79 Å². The van der Waals surface area contributed by atoms with Crippen LogP contribution < -0.4 is 5.32 Å². The van der Waals surface area contributed by atoms with E-state index in [0.717, 1.165) is 19.5 Å². The summed E-state index contributed by atoms with van der Waals surface area (Å²) in [6.45, 7) is 2.58. The predicted molar refractivity (Wildman–Crippen MR) is 48.5 cm³/mol. The Labute approximate surface area is 78.3 Å². The molecule has 0 amide bonds. The molecule has 1 aliphatic rings. The number of Topliss-reactive ketones (excluding diaryl/α,β-unsaturated/α-hetero) is 1. The number of hydrogen-bond acceptors (Lipinski definition) is 4. The molecule has 1 heterocycles. The lowest BCUT2D eigenvalue weighted by molar-refractivity contribution is -0.124. The second-order valence-electron chi connectivity index (χ2n) is 3.24. The molecule has 1 saturated heterocycles. The molecule has 1 aliphatic heterocycles. The molecule has 0 bridgehead atoms. The average molecular weight is 187 g/mol. The zero-order valence-electron chi connectivity index (χ0n) is 7.79. The van der Waals surface area contributed by atoms with Crippen LogP contribution in [-0.2, 0) is 9.53 Å². The Kier molecular flexibility index (Phi) is 4.97. The van der Waals surface area contributed by atoms with Crippen LogP contribution in [0.5, 0.6) is 0 Å². The Morgan fingerprint density at radius 3 is 3.08 bits per heavy atom. The van der Waals surface area contributed by atoms with Crippen LogP contribution in [0.1, 0.15) is 12.8 Å². The summed E-state index contributed by atoms with van der Waals surface area (Å²) in [5.41, 5.74) is 0. The molecule has 4 nitrogen and oxygen atoms in total. The van der Waals surface area contributed by atoms with E-state index < -0.39 is 0 Å². The van der Waals surface area contributed by atoms with Crippen molar-refractivity contribution in [3.63, 3.8) is 0 Å². The van der Waals surface area contributed by atoms with Gasteiger partial charge in [-0.1, -0.05) is 0 Å². The van der Waals surface area contributed by atoms with E-state index in [4.69, 9.17) is 9.84 Å². The van der Waals surface area contributed by atoms with E-state index in [1.807, 2.05) is 0 Å². The molecule has 2 N–H and O–H groups in total. The van der Waals surface area contributed by atoms with Crippen LogP contribution in [0.4, 0.5) is 0 Å². The van der Waals surface area contributed by atoms with Gasteiger partial charge in [0.2, 0.25) is 0 Å². The second kappa shape index (κ2) is 6.07. The normalized spacial score (nSPS) is 23.5. The van der Waals surface area contributed by atoms with Gasteiger partial charge in [0, 0.05) is 32.0 Å². The Morgan fingerprint density at radius 1 is 1.54 bits per heavy atom. The second-order valence-corrected chi connectivity index (χ2v) is 3.24. The summed E-state index contributed by atoms with van der Waals surface area (Å²) in [5, 5.41) is 11.6. The zero-order chi connectivity index (χ0) is 9.52. The number of ketones is 1. The molecule has 4 heteroatoms. The summed E-state index contributed by atoms with van der Waals surface area (Å²) in [5.74, 6) is 0.457. The first-order chi connectivity index (χ1) is 6.34. The Hall–Kier alpha value is -0.450. The minimum Gasteiger partial charge on any atom is -0.394 e. The van der Waals surface area contributed by atoms with E-state index in [2.05, 4.69) is 5.32 Å². The molecule has 0 aromatic rings. The third kappa shape index (κ3) is 3.85. The number of ether oxygens (including phenoxy) is 1. The number of aliphatic hydroxyl groups is 1. The highest BCUT2D eigenvalue weighted by Crippen LogP contribution is 2.09. The van der Waals surface area contributed by atoms with Gasteiger partial charge in [-0.2, -0.15) is 0 Å². The van der Waals surface area contributed by atoms with E-state index >= 15 is 0 Å². The van der Waals surface area contributed by atoms with Gasteiger partial charge in [0.05, 0.1) is 13.2 Å². The molecule has 1 unspecified atom stereocenters. The molecule has 1 rings (SSSR count). The number of carbonyl (C=O) groups is 1. The molecular formula is C9H17NO3. The van der Waals surface area contributed by atoms with E-state index in [1.54, 1.807) is 0 Å². The summed E-state index contributed by atoms with van der Waals surface area (Å²) in [6, 6.07) is 0. The molecule has 0 saturated carbocycles. The quantitative estimate of drug-likeness (QED) is 0.573. The van der Waals surface area contributed by atoms with Crippen LogP contribution in [0.3, 0.4) is 0 Å². The maximum Gasteiger partial charge on any atom is 0.138 e. The van der Waals surface area contributed by atoms with Gasteiger partial charge in [-0.05, 0) is 6.42 Å². The van der Waals surface area contributed by atoms with Gasteiger partial charge in [0.15, 0.2) is 0 Å². The van der Waals surface area contributed by atoms with Crippen molar-refractivity contribution in [3.8, 4) is 0 Å². The molecular weight excluding hydrogens is 170 g/mol.